The second kappa shape index (κ2) is 4.22. The van der Waals surface area contributed by atoms with Gasteiger partial charge in [0.15, 0.2) is 0 Å². The van der Waals surface area contributed by atoms with E-state index in [-0.39, 0.29) is 0 Å². The first-order valence-electron chi connectivity index (χ1n) is 3.12. The van der Waals surface area contributed by atoms with Crippen LogP contribution in [0.1, 0.15) is 13.8 Å². The zero-order valence-electron chi connectivity index (χ0n) is 6.10. The standard InChI is InChI=1S/C6H12FNO2/c1-4(3-7)8-6(10)5(2)9/h4-5,9H,3H2,1-2H3,(H,8,10). The second-order valence-corrected chi connectivity index (χ2v) is 2.24. The van der Waals surface area contributed by atoms with Crippen molar-refractivity contribution in [3.05, 3.63) is 0 Å². The van der Waals surface area contributed by atoms with E-state index >= 15 is 0 Å². The van der Waals surface area contributed by atoms with Crippen molar-refractivity contribution in [1.29, 1.82) is 0 Å². The van der Waals surface area contributed by atoms with E-state index in [4.69, 9.17) is 5.11 Å². The normalized spacial score (nSPS) is 16.0. The van der Waals surface area contributed by atoms with Crippen LogP contribution in [0, 0.1) is 0 Å². The largest absolute Gasteiger partial charge is 0.384 e. The smallest absolute Gasteiger partial charge is 0.248 e. The molecule has 0 fully saturated rings. The third kappa shape index (κ3) is 3.40. The van der Waals surface area contributed by atoms with E-state index in [1.54, 1.807) is 0 Å². The number of carbonyl (C=O) groups is 1. The monoisotopic (exact) mass is 149 g/mol. The van der Waals surface area contributed by atoms with Crippen molar-refractivity contribution in [3.63, 3.8) is 0 Å². The highest BCUT2D eigenvalue weighted by atomic mass is 19.1. The number of rotatable bonds is 3. The summed E-state index contributed by atoms with van der Waals surface area (Å²) in [5.41, 5.74) is 0. The number of alkyl halides is 1. The maximum Gasteiger partial charge on any atom is 0.248 e. The van der Waals surface area contributed by atoms with Crippen LogP contribution in [-0.4, -0.2) is 29.8 Å². The molecule has 0 aromatic rings. The van der Waals surface area contributed by atoms with Crippen LogP contribution < -0.4 is 5.32 Å². The molecule has 0 heterocycles. The Kier molecular flexibility index (Phi) is 3.95. The highest BCUT2D eigenvalue weighted by Crippen LogP contribution is 1.85. The molecule has 0 aliphatic heterocycles. The Hall–Kier alpha value is -0.640. The summed E-state index contributed by atoms with van der Waals surface area (Å²) < 4.78 is 11.7. The quantitative estimate of drug-likeness (QED) is 0.586. The van der Waals surface area contributed by atoms with Crippen molar-refractivity contribution >= 4 is 5.91 Å². The SMILES string of the molecule is CC(CF)NC(=O)C(C)O. The molecule has 0 rings (SSSR count). The van der Waals surface area contributed by atoms with Gasteiger partial charge in [0.2, 0.25) is 5.91 Å². The molecule has 1 amide bonds. The third-order valence-corrected chi connectivity index (χ3v) is 1.000. The lowest BCUT2D eigenvalue weighted by Crippen LogP contribution is -2.39. The Labute approximate surface area is 59.2 Å². The van der Waals surface area contributed by atoms with Crippen molar-refractivity contribution in [2.75, 3.05) is 6.67 Å². The molecule has 10 heavy (non-hydrogen) atoms. The lowest BCUT2D eigenvalue weighted by atomic mass is 10.3. The van der Waals surface area contributed by atoms with E-state index in [9.17, 15) is 9.18 Å². The minimum Gasteiger partial charge on any atom is -0.384 e. The van der Waals surface area contributed by atoms with Gasteiger partial charge in [0.1, 0.15) is 12.8 Å². The summed E-state index contributed by atoms with van der Waals surface area (Å²) in [7, 11) is 0. The van der Waals surface area contributed by atoms with E-state index < -0.39 is 24.7 Å². The van der Waals surface area contributed by atoms with Gasteiger partial charge in [-0.05, 0) is 13.8 Å². The lowest BCUT2D eigenvalue weighted by Gasteiger charge is -2.10. The van der Waals surface area contributed by atoms with Gasteiger partial charge < -0.3 is 10.4 Å². The van der Waals surface area contributed by atoms with Crippen LogP contribution in [0.5, 0.6) is 0 Å². The summed E-state index contributed by atoms with van der Waals surface area (Å²) in [5, 5.41) is 10.9. The maximum atomic E-state index is 11.7. The molecular formula is C6H12FNO2. The first kappa shape index (κ1) is 9.36. The van der Waals surface area contributed by atoms with E-state index in [0.717, 1.165) is 0 Å². The van der Waals surface area contributed by atoms with E-state index in [2.05, 4.69) is 5.32 Å². The van der Waals surface area contributed by atoms with E-state index in [0.29, 0.717) is 0 Å². The molecule has 2 unspecified atom stereocenters. The fourth-order valence-electron chi connectivity index (χ4n) is 0.402. The highest BCUT2D eigenvalue weighted by Gasteiger charge is 2.10. The summed E-state index contributed by atoms with van der Waals surface area (Å²) in [6.45, 7) is 2.25. The van der Waals surface area contributed by atoms with Crippen LogP contribution in [0.2, 0.25) is 0 Å². The van der Waals surface area contributed by atoms with Gasteiger partial charge in [-0.25, -0.2) is 4.39 Å². The van der Waals surface area contributed by atoms with Crippen LogP contribution in [0.25, 0.3) is 0 Å². The molecule has 60 valence electrons. The van der Waals surface area contributed by atoms with Gasteiger partial charge in [-0.2, -0.15) is 0 Å². The molecule has 0 spiro atoms. The molecule has 0 aliphatic carbocycles. The molecule has 0 saturated heterocycles. The van der Waals surface area contributed by atoms with Crippen molar-refractivity contribution in [1.82, 2.24) is 5.32 Å². The van der Waals surface area contributed by atoms with Gasteiger partial charge in [0, 0.05) is 0 Å². The van der Waals surface area contributed by atoms with Crippen LogP contribution in [-0.2, 0) is 4.79 Å². The number of amides is 1. The summed E-state index contributed by atoms with van der Waals surface area (Å²) in [6, 6.07) is -0.512. The fourth-order valence-corrected chi connectivity index (χ4v) is 0.402. The van der Waals surface area contributed by atoms with E-state index in [1.807, 2.05) is 0 Å². The molecule has 2 N–H and O–H groups in total. The molecule has 0 aliphatic rings. The first-order chi connectivity index (χ1) is 4.57. The van der Waals surface area contributed by atoms with Crippen LogP contribution in [0.15, 0.2) is 0 Å². The zero-order chi connectivity index (χ0) is 8.15. The van der Waals surface area contributed by atoms with Crippen molar-refractivity contribution in [2.45, 2.75) is 26.0 Å². The number of halogens is 1. The summed E-state index contributed by atoms with van der Waals surface area (Å²) in [6.07, 6.45) is -1.06. The summed E-state index contributed by atoms with van der Waals surface area (Å²) >= 11 is 0. The second-order valence-electron chi connectivity index (χ2n) is 2.24. The molecule has 4 heteroatoms. The predicted molar refractivity (Wildman–Crippen MR) is 35.3 cm³/mol. The lowest BCUT2D eigenvalue weighted by molar-refractivity contribution is -0.129. The van der Waals surface area contributed by atoms with Crippen molar-refractivity contribution < 1.29 is 14.3 Å². The molecular weight excluding hydrogens is 137 g/mol. The zero-order valence-corrected chi connectivity index (χ0v) is 6.10. The van der Waals surface area contributed by atoms with Crippen molar-refractivity contribution in [2.24, 2.45) is 0 Å². The van der Waals surface area contributed by atoms with Gasteiger partial charge >= 0.3 is 0 Å². The Morgan fingerprint density at radius 1 is 1.70 bits per heavy atom. The summed E-state index contributed by atoms with van der Waals surface area (Å²) in [5.74, 6) is -0.537. The number of nitrogens with one attached hydrogen (secondary N) is 1. The van der Waals surface area contributed by atoms with Gasteiger partial charge in [-0.3, -0.25) is 4.79 Å². The highest BCUT2D eigenvalue weighted by molar-refractivity contribution is 5.80. The van der Waals surface area contributed by atoms with Crippen LogP contribution in [0.3, 0.4) is 0 Å². The summed E-state index contributed by atoms with van der Waals surface area (Å²) in [4.78, 5) is 10.6. The molecule has 0 aromatic carbocycles. The molecule has 3 nitrogen and oxygen atoms in total. The Bertz CT molecular complexity index is 116. The van der Waals surface area contributed by atoms with Crippen molar-refractivity contribution in [3.8, 4) is 0 Å². The Balaban J connectivity index is 3.57. The molecule has 0 aromatic heterocycles. The number of aliphatic hydroxyl groups excluding tert-OH is 1. The van der Waals surface area contributed by atoms with Gasteiger partial charge in [-0.1, -0.05) is 0 Å². The maximum absolute atomic E-state index is 11.7. The van der Waals surface area contributed by atoms with Gasteiger partial charge in [0.25, 0.3) is 0 Å². The average molecular weight is 149 g/mol. The topological polar surface area (TPSA) is 49.3 Å². The Morgan fingerprint density at radius 2 is 2.20 bits per heavy atom. The van der Waals surface area contributed by atoms with Crippen LogP contribution >= 0.6 is 0 Å². The number of aliphatic hydroxyl groups is 1. The molecule has 0 bridgehead atoms. The van der Waals surface area contributed by atoms with E-state index in [1.165, 1.54) is 13.8 Å². The first-order valence-corrected chi connectivity index (χ1v) is 3.12. The number of carbonyl (C=O) groups excluding carboxylic acids is 1. The number of hydrogen-bond donors (Lipinski definition) is 2. The molecule has 2 atom stereocenters. The minimum absolute atomic E-state index is 0.512. The predicted octanol–water partition coefficient (Wildman–Crippen LogP) is -0.159. The molecule has 0 radical (unpaired) electrons. The fraction of sp³-hybridized carbons (Fsp3) is 0.833. The molecule has 0 saturated carbocycles. The van der Waals surface area contributed by atoms with Gasteiger partial charge in [0.05, 0.1) is 6.04 Å². The third-order valence-electron chi connectivity index (χ3n) is 1.000. The average Bonchev–Trinajstić information content (AvgIpc) is 1.87. The number of hydrogen-bond acceptors (Lipinski definition) is 2. The van der Waals surface area contributed by atoms with Crippen LogP contribution in [0.4, 0.5) is 4.39 Å². The van der Waals surface area contributed by atoms with Gasteiger partial charge in [-0.15, -0.1) is 0 Å². The minimum atomic E-state index is -1.06. The Morgan fingerprint density at radius 3 is 2.50 bits per heavy atom.